The van der Waals surface area contributed by atoms with Gasteiger partial charge < -0.3 is 9.47 Å². The molecule has 0 saturated carbocycles. The highest BCUT2D eigenvalue weighted by Crippen LogP contribution is 2.26. The summed E-state index contributed by atoms with van der Waals surface area (Å²) in [6.07, 6.45) is 0. The van der Waals surface area contributed by atoms with E-state index in [1.807, 2.05) is 6.07 Å². The molecule has 0 aliphatic heterocycles. The zero-order chi connectivity index (χ0) is 10.6. The Kier molecular flexibility index (Phi) is 3.68. The van der Waals surface area contributed by atoms with Crippen LogP contribution >= 0.6 is 0 Å². The van der Waals surface area contributed by atoms with Gasteiger partial charge >= 0.3 is 0 Å². The molecule has 0 fully saturated rings. The summed E-state index contributed by atoms with van der Waals surface area (Å²) in [6, 6.07) is 3.08. The number of halogens is 2. The van der Waals surface area contributed by atoms with E-state index in [0.29, 0.717) is 13.2 Å². The molecule has 0 bridgehead atoms. The molecule has 4 heteroatoms. The normalized spacial score (nSPS) is 10.0. The molecular formula is C10H11F2O2. The summed E-state index contributed by atoms with van der Waals surface area (Å²) in [5, 5.41) is 0. The summed E-state index contributed by atoms with van der Waals surface area (Å²) >= 11 is 0. The van der Waals surface area contributed by atoms with E-state index < -0.39 is 11.6 Å². The van der Waals surface area contributed by atoms with Crippen molar-refractivity contribution >= 4 is 0 Å². The SMILES string of the molecule is CCOc1cc(OCC)c(F)[c]c1F. The monoisotopic (exact) mass is 201 g/mol. The molecule has 1 aromatic carbocycles. The lowest BCUT2D eigenvalue weighted by Crippen LogP contribution is -2.00. The predicted octanol–water partition coefficient (Wildman–Crippen LogP) is 2.56. The molecule has 0 saturated heterocycles. The second-order valence-electron chi connectivity index (χ2n) is 2.49. The molecule has 0 N–H and O–H groups in total. The fourth-order valence-corrected chi connectivity index (χ4v) is 0.986. The molecule has 0 aromatic heterocycles. The van der Waals surface area contributed by atoms with Gasteiger partial charge in [-0.2, -0.15) is 0 Å². The van der Waals surface area contributed by atoms with E-state index >= 15 is 0 Å². The molecule has 2 nitrogen and oxygen atoms in total. The van der Waals surface area contributed by atoms with Crippen molar-refractivity contribution in [2.45, 2.75) is 13.8 Å². The summed E-state index contributed by atoms with van der Waals surface area (Å²) in [6.45, 7) is 4.04. The molecular weight excluding hydrogens is 190 g/mol. The average Bonchev–Trinajstić information content (AvgIpc) is 2.14. The smallest absolute Gasteiger partial charge is 0.176 e. The number of benzene rings is 1. The van der Waals surface area contributed by atoms with Crippen molar-refractivity contribution in [1.29, 1.82) is 0 Å². The third-order valence-electron chi connectivity index (χ3n) is 1.51. The van der Waals surface area contributed by atoms with Gasteiger partial charge in [0, 0.05) is 6.07 Å². The second-order valence-corrected chi connectivity index (χ2v) is 2.49. The maximum atomic E-state index is 13.0. The Morgan fingerprint density at radius 2 is 1.50 bits per heavy atom. The molecule has 0 spiro atoms. The molecule has 1 aromatic rings. The van der Waals surface area contributed by atoms with Gasteiger partial charge in [0.1, 0.15) is 0 Å². The van der Waals surface area contributed by atoms with Gasteiger partial charge in [-0.3, -0.25) is 0 Å². The summed E-state index contributed by atoms with van der Waals surface area (Å²) < 4.78 is 35.8. The zero-order valence-corrected chi connectivity index (χ0v) is 8.06. The van der Waals surface area contributed by atoms with Gasteiger partial charge in [-0.05, 0) is 13.8 Å². The molecule has 0 amide bonds. The Hall–Kier alpha value is -1.32. The van der Waals surface area contributed by atoms with Crippen molar-refractivity contribution in [1.82, 2.24) is 0 Å². The zero-order valence-electron chi connectivity index (χ0n) is 8.06. The summed E-state index contributed by atoms with van der Waals surface area (Å²) in [5.74, 6) is -1.77. The third-order valence-corrected chi connectivity index (χ3v) is 1.51. The van der Waals surface area contributed by atoms with Crippen LogP contribution in [0.1, 0.15) is 13.8 Å². The van der Waals surface area contributed by atoms with Gasteiger partial charge in [-0.25, -0.2) is 8.78 Å². The maximum Gasteiger partial charge on any atom is 0.176 e. The van der Waals surface area contributed by atoms with Crippen molar-refractivity contribution in [3.05, 3.63) is 23.8 Å². The Morgan fingerprint density at radius 1 is 1.07 bits per heavy atom. The lowest BCUT2D eigenvalue weighted by molar-refractivity contribution is 0.298. The van der Waals surface area contributed by atoms with Crippen molar-refractivity contribution in [3.63, 3.8) is 0 Å². The van der Waals surface area contributed by atoms with Crippen LogP contribution in [0.5, 0.6) is 11.5 Å². The molecule has 77 valence electrons. The molecule has 1 radical (unpaired) electrons. The number of hydrogen-bond donors (Lipinski definition) is 0. The summed E-state index contributed by atoms with van der Waals surface area (Å²) in [4.78, 5) is 0. The van der Waals surface area contributed by atoms with Crippen LogP contribution in [0, 0.1) is 17.7 Å². The molecule has 0 aliphatic rings. The number of rotatable bonds is 4. The van der Waals surface area contributed by atoms with Crippen molar-refractivity contribution in [2.75, 3.05) is 13.2 Å². The van der Waals surface area contributed by atoms with E-state index in [9.17, 15) is 8.78 Å². The molecule has 0 aliphatic carbocycles. The van der Waals surface area contributed by atoms with Crippen LogP contribution in [-0.2, 0) is 0 Å². The minimum atomic E-state index is -0.840. The fourth-order valence-electron chi connectivity index (χ4n) is 0.986. The lowest BCUT2D eigenvalue weighted by atomic mass is 10.3. The van der Waals surface area contributed by atoms with Crippen LogP contribution in [0.2, 0.25) is 0 Å². The van der Waals surface area contributed by atoms with Gasteiger partial charge in [0.05, 0.1) is 19.3 Å². The highest BCUT2D eigenvalue weighted by molar-refractivity contribution is 5.35. The van der Waals surface area contributed by atoms with Crippen LogP contribution in [0.25, 0.3) is 0 Å². The first-order valence-corrected chi connectivity index (χ1v) is 4.36. The average molecular weight is 201 g/mol. The first-order chi connectivity index (χ1) is 6.69. The van der Waals surface area contributed by atoms with Crippen molar-refractivity contribution in [3.8, 4) is 11.5 Å². The largest absolute Gasteiger partial charge is 0.491 e. The molecule has 0 atom stereocenters. The van der Waals surface area contributed by atoms with E-state index in [1.54, 1.807) is 13.8 Å². The Bertz CT molecular complexity index is 286. The maximum absolute atomic E-state index is 13.0. The van der Waals surface area contributed by atoms with Gasteiger partial charge in [0.25, 0.3) is 0 Å². The van der Waals surface area contributed by atoms with Crippen LogP contribution in [0.3, 0.4) is 0 Å². The van der Waals surface area contributed by atoms with Crippen LogP contribution in [0.4, 0.5) is 8.78 Å². The second kappa shape index (κ2) is 4.79. The molecule has 0 heterocycles. The number of hydrogen-bond acceptors (Lipinski definition) is 2. The molecule has 1 rings (SSSR count). The Balaban J connectivity index is 3.00. The number of ether oxygens (including phenoxy) is 2. The van der Waals surface area contributed by atoms with Crippen molar-refractivity contribution < 1.29 is 18.3 Å². The Morgan fingerprint density at radius 3 is 1.86 bits per heavy atom. The first kappa shape index (κ1) is 10.8. The van der Waals surface area contributed by atoms with Gasteiger partial charge in [-0.15, -0.1) is 0 Å². The molecule has 14 heavy (non-hydrogen) atoms. The predicted molar refractivity (Wildman–Crippen MR) is 47.5 cm³/mol. The van der Waals surface area contributed by atoms with E-state index in [1.165, 1.54) is 6.07 Å². The fraction of sp³-hybridized carbons (Fsp3) is 0.400. The van der Waals surface area contributed by atoms with Gasteiger partial charge in [-0.1, -0.05) is 0 Å². The Labute approximate surface area is 81.4 Å². The highest BCUT2D eigenvalue weighted by atomic mass is 19.1. The van der Waals surface area contributed by atoms with Crippen molar-refractivity contribution in [2.24, 2.45) is 0 Å². The minimum absolute atomic E-state index is 0.0441. The molecule has 0 unspecified atom stereocenters. The van der Waals surface area contributed by atoms with E-state index in [0.717, 1.165) is 0 Å². The lowest BCUT2D eigenvalue weighted by Gasteiger charge is -2.08. The van der Waals surface area contributed by atoms with E-state index in [2.05, 4.69) is 0 Å². The van der Waals surface area contributed by atoms with E-state index in [4.69, 9.17) is 9.47 Å². The quantitative estimate of drug-likeness (QED) is 0.745. The van der Waals surface area contributed by atoms with Gasteiger partial charge in [0.2, 0.25) is 0 Å². The first-order valence-electron chi connectivity index (χ1n) is 4.36. The highest BCUT2D eigenvalue weighted by Gasteiger charge is 2.11. The van der Waals surface area contributed by atoms with Crippen LogP contribution in [0.15, 0.2) is 6.07 Å². The van der Waals surface area contributed by atoms with E-state index in [-0.39, 0.29) is 11.5 Å². The standard InChI is InChI=1S/C10H11F2O2/c1-3-13-9-6-10(14-4-2)8(12)5-7(9)11/h6H,3-4H2,1-2H3. The topological polar surface area (TPSA) is 18.5 Å². The third kappa shape index (κ3) is 2.34. The minimum Gasteiger partial charge on any atom is -0.491 e. The summed E-state index contributed by atoms with van der Waals surface area (Å²) in [5.41, 5.74) is 0. The van der Waals surface area contributed by atoms with Crippen LogP contribution < -0.4 is 9.47 Å². The van der Waals surface area contributed by atoms with Crippen LogP contribution in [-0.4, -0.2) is 13.2 Å². The van der Waals surface area contributed by atoms with Gasteiger partial charge in [0.15, 0.2) is 23.1 Å². The summed E-state index contributed by atoms with van der Waals surface area (Å²) in [7, 11) is 0.